The van der Waals surface area contributed by atoms with Crippen LogP contribution in [0.2, 0.25) is 0 Å². The first-order valence-electron chi connectivity index (χ1n) is 10.1. The Morgan fingerprint density at radius 3 is 2.55 bits per heavy atom. The van der Waals surface area contributed by atoms with Crippen molar-refractivity contribution in [3.8, 4) is 5.75 Å². The highest BCUT2D eigenvalue weighted by Crippen LogP contribution is 2.68. The van der Waals surface area contributed by atoms with Crippen molar-refractivity contribution in [3.05, 3.63) is 44.4 Å². The fourth-order valence-electron chi connectivity index (χ4n) is 6.47. The van der Waals surface area contributed by atoms with E-state index in [1.54, 1.807) is 23.9 Å². The predicted octanol–water partition coefficient (Wildman–Crippen LogP) is 1.70. The number of aliphatic carboxylic acids is 1. The molecule has 2 amide bonds. The highest BCUT2D eigenvalue weighted by Gasteiger charge is 2.69. The first-order valence-corrected chi connectivity index (χ1v) is 11.8. The Morgan fingerprint density at radius 1 is 1.13 bits per heavy atom. The van der Waals surface area contributed by atoms with Gasteiger partial charge in [-0.2, -0.15) is 0 Å². The zero-order chi connectivity index (χ0) is 21.6. The molecule has 0 radical (unpaired) electrons. The predicted molar refractivity (Wildman–Crippen MR) is 111 cm³/mol. The van der Waals surface area contributed by atoms with E-state index in [4.69, 9.17) is 5.11 Å². The van der Waals surface area contributed by atoms with Gasteiger partial charge in [-0.3, -0.25) is 24.1 Å². The van der Waals surface area contributed by atoms with Gasteiger partial charge in [-0.25, -0.2) is 0 Å². The molecule has 2 bridgehead atoms. The number of amides is 2. The molecule has 4 aliphatic rings. The molecule has 2 aromatic rings. The number of likely N-dealkylation sites (tertiary alicyclic amines) is 1. The fraction of sp³-hybridized carbons (Fsp3) is 0.429. The standard InChI is InChI=1S/C21H18N2O6S2/c24-10-4-2-1-3-7(10)12-13-8-5-9(16(13)30-18-17(12)31-21(29)22-18)15-14(8)19(27)23(20(15)28)6-11(25)26/h1-4,8-9,12-16,24H,5-6H2,(H,22,29)(H,25,26)/t8-,9-,12-,13-,14+,15-,16-/m1/s1. The molecule has 0 spiro atoms. The summed E-state index contributed by atoms with van der Waals surface area (Å²) < 4.78 is 0. The third kappa shape index (κ3) is 2.48. The summed E-state index contributed by atoms with van der Waals surface area (Å²) in [4.78, 5) is 54.0. The van der Waals surface area contributed by atoms with E-state index in [0.717, 1.165) is 38.1 Å². The van der Waals surface area contributed by atoms with Crippen molar-refractivity contribution in [3.63, 3.8) is 0 Å². The molecule has 0 unspecified atom stereocenters. The minimum Gasteiger partial charge on any atom is -0.508 e. The van der Waals surface area contributed by atoms with Crippen molar-refractivity contribution in [2.24, 2.45) is 29.6 Å². The summed E-state index contributed by atoms with van der Waals surface area (Å²) in [6.07, 6.45) is 0.722. The average molecular weight is 459 g/mol. The number of carbonyl (C=O) groups excluding carboxylic acids is 2. The van der Waals surface area contributed by atoms with Gasteiger partial charge in [0.2, 0.25) is 11.8 Å². The van der Waals surface area contributed by atoms with Crippen molar-refractivity contribution < 1.29 is 24.6 Å². The number of benzene rings is 1. The maximum Gasteiger partial charge on any atom is 0.323 e. The number of para-hydroxylation sites is 1. The highest BCUT2D eigenvalue weighted by atomic mass is 32.2. The largest absolute Gasteiger partial charge is 0.508 e. The van der Waals surface area contributed by atoms with Crippen molar-refractivity contribution in [1.82, 2.24) is 9.88 Å². The van der Waals surface area contributed by atoms with Crippen LogP contribution >= 0.6 is 23.1 Å². The Morgan fingerprint density at radius 2 is 1.84 bits per heavy atom. The van der Waals surface area contributed by atoms with Crippen LogP contribution in [0, 0.1) is 29.6 Å². The number of thiazole rings is 1. The van der Waals surface area contributed by atoms with Crippen LogP contribution in [-0.2, 0) is 14.4 Å². The van der Waals surface area contributed by atoms with Gasteiger partial charge in [0.25, 0.3) is 0 Å². The van der Waals surface area contributed by atoms with Crippen LogP contribution in [0.5, 0.6) is 5.75 Å². The Labute approximate surface area is 184 Å². The molecule has 6 rings (SSSR count). The molecule has 7 atom stereocenters. The van der Waals surface area contributed by atoms with Crippen LogP contribution in [0.15, 0.2) is 34.1 Å². The number of nitrogens with one attached hydrogen (secondary N) is 1. The lowest BCUT2D eigenvalue weighted by Gasteiger charge is -2.43. The van der Waals surface area contributed by atoms with Crippen LogP contribution in [-0.4, -0.2) is 49.7 Å². The fourth-order valence-corrected chi connectivity index (χ4v) is 9.35. The van der Waals surface area contributed by atoms with E-state index >= 15 is 0 Å². The van der Waals surface area contributed by atoms with E-state index in [2.05, 4.69) is 4.98 Å². The molecule has 160 valence electrons. The van der Waals surface area contributed by atoms with Gasteiger partial charge < -0.3 is 15.2 Å². The zero-order valence-electron chi connectivity index (χ0n) is 16.1. The summed E-state index contributed by atoms with van der Waals surface area (Å²) in [5.74, 6) is -3.29. The van der Waals surface area contributed by atoms with Crippen LogP contribution in [0.25, 0.3) is 0 Å². The number of carboxylic acid groups (broad SMARTS) is 1. The van der Waals surface area contributed by atoms with Crippen molar-refractivity contribution in [2.45, 2.75) is 22.6 Å². The second-order valence-electron chi connectivity index (χ2n) is 8.68. The van der Waals surface area contributed by atoms with E-state index in [1.807, 2.05) is 12.1 Å². The summed E-state index contributed by atoms with van der Waals surface area (Å²) in [5, 5.41) is 20.6. The Hall–Kier alpha value is -2.59. The molecule has 8 nitrogen and oxygen atoms in total. The van der Waals surface area contributed by atoms with Gasteiger partial charge in [-0.1, -0.05) is 29.5 Å². The third-order valence-electron chi connectivity index (χ3n) is 7.38. The SMILES string of the molecule is O=C(O)CN1C(=O)[C@@H]2[C@H]3C[C@@H]([C@@H]2C1=O)[C@@H]1[C@@H](c2ccccc2O)c2sc(=O)[nH]c2S[C@H]31. The van der Waals surface area contributed by atoms with Crippen molar-refractivity contribution in [2.75, 3.05) is 6.54 Å². The molecule has 2 aliphatic carbocycles. The number of thioether (sulfide) groups is 1. The topological polar surface area (TPSA) is 128 Å². The van der Waals surface area contributed by atoms with Crippen LogP contribution in [0.4, 0.5) is 0 Å². The molecular formula is C21H18N2O6S2. The number of imide groups is 1. The number of carbonyl (C=O) groups is 3. The second kappa shape index (κ2) is 6.46. The molecule has 2 saturated carbocycles. The molecule has 3 N–H and O–H groups in total. The third-order valence-corrected chi connectivity index (χ3v) is 9.97. The van der Waals surface area contributed by atoms with Gasteiger partial charge in [0, 0.05) is 21.6 Å². The van der Waals surface area contributed by atoms with E-state index in [0.29, 0.717) is 0 Å². The lowest BCUT2D eigenvalue weighted by atomic mass is 9.68. The molecule has 31 heavy (non-hydrogen) atoms. The summed E-state index contributed by atoms with van der Waals surface area (Å²) in [7, 11) is 0. The maximum atomic E-state index is 13.1. The minimum atomic E-state index is -1.20. The molecule has 1 aromatic carbocycles. The summed E-state index contributed by atoms with van der Waals surface area (Å²) >= 11 is 2.69. The average Bonchev–Trinajstić information content (AvgIpc) is 3.44. The number of hydrogen-bond acceptors (Lipinski definition) is 7. The molecule has 2 aliphatic heterocycles. The summed E-state index contributed by atoms with van der Waals surface area (Å²) in [6.45, 7) is -0.601. The quantitative estimate of drug-likeness (QED) is 0.597. The molecule has 1 saturated heterocycles. The number of aromatic nitrogens is 1. The van der Waals surface area contributed by atoms with Crippen molar-refractivity contribution in [1.29, 1.82) is 0 Å². The number of aromatic hydroxyl groups is 1. The van der Waals surface area contributed by atoms with Crippen LogP contribution in [0.3, 0.4) is 0 Å². The van der Waals surface area contributed by atoms with E-state index < -0.39 is 30.3 Å². The molecule has 1 aromatic heterocycles. The number of phenols is 1. The van der Waals surface area contributed by atoms with E-state index in [-0.39, 0.29) is 45.5 Å². The first kappa shape index (κ1) is 19.1. The van der Waals surface area contributed by atoms with Gasteiger partial charge in [0.1, 0.15) is 12.3 Å². The number of carboxylic acids is 1. The first-order chi connectivity index (χ1) is 14.9. The van der Waals surface area contributed by atoms with E-state index in [1.165, 1.54) is 0 Å². The maximum absolute atomic E-state index is 13.1. The smallest absolute Gasteiger partial charge is 0.323 e. The number of phenolic OH excluding ortho intramolecular Hbond substituents is 1. The van der Waals surface area contributed by atoms with Gasteiger partial charge in [0.15, 0.2) is 0 Å². The van der Waals surface area contributed by atoms with Crippen LogP contribution < -0.4 is 4.87 Å². The lowest BCUT2D eigenvalue weighted by Crippen LogP contribution is -2.42. The number of nitrogens with zero attached hydrogens (tertiary/aromatic N) is 1. The number of rotatable bonds is 3. The van der Waals surface area contributed by atoms with Crippen molar-refractivity contribution >= 4 is 40.9 Å². The number of fused-ring (bicyclic) bond motifs is 9. The highest BCUT2D eigenvalue weighted by molar-refractivity contribution is 8.00. The lowest BCUT2D eigenvalue weighted by molar-refractivity contribution is -0.149. The van der Waals surface area contributed by atoms with Crippen LogP contribution in [0.1, 0.15) is 22.8 Å². The Balaban J connectivity index is 1.47. The summed E-state index contributed by atoms with van der Waals surface area (Å²) in [5.41, 5.74) is 0.720. The Kier molecular flexibility index (Phi) is 3.98. The second-order valence-corrected chi connectivity index (χ2v) is 10.9. The van der Waals surface area contributed by atoms with Gasteiger partial charge in [-0.15, -0.1) is 11.8 Å². The van der Waals surface area contributed by atoms with Gasteiger partial charge >= 0.3 is 10.8 Å². The summed E-state index contributed by atoms with van der Waals surface area (Å²) in [6, 6.07) is 7.06. The minimum absolute atomic E-state index is 0.00938. The monoisotopic (exact) mass is 458 g/mol. The number of aromatic amines is 1. The zero-order valence-corrected chi connectivity index (χ0v) is 17.7. The molecular weight excluding hydrogens is 440 g/mol. The molecule has 3 heterocycles. The number of H-pyrrole nitrogens is 1. The van der Waals surface area contributed by atoms with Gasteiger partial charge in [-0.05, 0) is 30.2 Å². The molecule has 10 heteroatoms. The number of hydrogen-bond donors (Lipinski definition) is 3. The Bertz CT molecular complexity index is 1200. The van der Waals surface area contributed by atoms with Gasteiger partial charge in [0.05, 0.1) is 16.9 Å². The normalized spacial score (nSPS) is 35.2. The molecule has 3 fully saturated rings. The van der Waals surface area contributed by atoms with E-state index in [9.17, 15) is 24.3 Å².